The second-order valence-electron chi connectivity index (χ2n) is 4.82. The van der Waals surface area contributed by atoms with Crippen molar-refractivity contribution in [1.29, 1.82) is 0 Å². The molecule has 1 aromatic heterocycles. The number of carbonyl (C=O) groups excluding carboxylic acids is 1. The van der Waals surface area contributed by atoms with Gasteiger partial charge in [0.05, 0.1) is 22.0 Å². The van der Waals surface area contributed by atoms with Crippen LogP contribution in [0.1, 0.15) is 30.1 Å². The van der Waals surface area contributed by atoms with E-state index in [1.165, 1.54) is 6.20 Å². The Morgan fingerprint density at radius 2 is 2.05 bits per heavy atom. The highest BCUT2D eigenvalue weighted by molar-refractivity contribution is 6.35. The third-order valence-corrected chi connectivity index (χ3v) is 3.60. The Morgan fingerprint density at radius 3 is 2.82 bits per heavy atom. The minimum atomic E-state index is -0.282. The van der Waals surface area contributed by atoms with E-state index in [0.717, 1.165) is 25.1 Å². The predicted molar refractivity (Wildman–Crippen MR) is 92.0 cm³/mol. The number of halogens is 2. The van der Waals surface area contributed by atoms with Gasteiger partial charge < -0.3 is 10.6 Å². The van der Waals surface area contributed by atoms with Gasteiger partial charge in [-0.05, 0) is 30.7 Å². The fraction of sp³-hybridized carbons (Fsp3) is 0.250. The molecule has 0 unspecified atom stereocenters. The number of hydrogen-bond donors (Lipinski definition) is 2. The Kier molecular flexibility index (Phi) is 6.04. The van der Waals surface area contributed by atoms with Crippen LogP contribution < -0.4 is 10.6 Å². The number of unbranched alkanes of at least 4 members (excludes halogenated alkanes) is 1. The molecule has 0 radical (unpaired) electrons. The van der Waals surface area contributed by atoms with E-state index in [-0.39, 0.29) is 5.91 Å². The van der Waals surface area contributed by atoms with Crippen molar-refractivity contribution >= 4 is 40.5 Å². The van der Waals surface area contributed by atoms with E-state index in [1.54, 1.807) is 30.5 Å². The summed E-state index contributed by atoms with van der Waals surface area (Å²) in [6.45, 7) is 2.97. The zero-order valence-electron chi connectivity index (χ0n) is 12.2. The lowest BCUT2D eigenvalue weighted by Gasteiger charge is -2.09. The largest absolute Gasteiger partial charge is 0.384 e. The topological polar surface area (TPSA) is 54.0 Å². The lowest BCUT2D eigenvalue weighted by molar-refractivity contribution is 0.102. The molecule has 6 heteroatoms. The van der Waals surface area contributed by atoms with Gasteiger partial charge in [-0.15, -0.1) is 0 Å². The van der Waals surface area contributed by atoms with Gasteiger partial charge in [0.25, 0.3) is 5.91 Å². The van der Waals surface area contributed by atoms with Gasteiger partial charge in [-0.1, -0.05) is 36.5 Å². The van der Waals surface area contributed by atoms with Crippen LogP contribution in [0.2, 0.25) is 10.0 Å². The third kappa shape index (κ3) is 4.61. The molecule has 0 fully saturated rings. The molecule has 0 spiro atoms. The number of benzene rings is 1. The smallest absolute Gasteiger partial charge is 0.257 e. The van der Waals surface area contributed by atoms with Gasteiger partial charge in [0.15, 0.2) is 0 Å². The Labute approximate surface area is 139 Å². The predicted octanol–water partition coefficient (Wildman–Crippen LogP) is 4.85. The zero-order chi connectivity index (χ0) is 15.9. The number of nitrogens with one attached hydrogen (secondary N) is 2. The average molecular weight is 338 g/mol. The van der Waals surface area contributed by atoms with Crippen LogP contribution in [0.4, 0.5) is 11.4 Å². The summed E-state index contributed by atoms with van der Waals surface area (Å²) in [7, 11) is 0. The number of amides is 1. The summed E-state index contributed by atoms with van der Waals surface area (Å²) in [6, 6.07) is 6.68. The summed E-state index contributed by atoms with van der Waals surface area (Å²) in [5, 5.41) is 6.91. The summed E-state index contributed by atoms with van der Waals surface area (Å²) < 4.78 is 0. The molecule has 1 aromatic carbocycles. The summed E-state index contributed by atoms with van der Waals surface area (Å²) in [4.78, 5) is 16.4. The van der Waals surface area contributed by atoms with Gasteiger partial charge in [0.2, 0.25) is 0 Å². The summed E-state index contributed by atoms with van der Waals surface area (Å²) in [6.07, 6.45) is 5.38. The van der Waals surface area contributed by atoms with Crippen molar-refractivity contribution < 1.29 is 4.79 Å². The van der Waals surface area contributed by atoms with Gasteiger partial charge >= 0.3 is 0 Å². The molecule has 0 aliphatic rings. The highest BCUT2D eigenvalue weighted by Gasteiger charge is 2.10. The van der Waals surface area contributed by atoms with E-state index in [0.29, 0.717) is 21.3 Å². The minimum Gasteiger partial charge on any atom is -0.384 e. The van der Waals surface area contributed by atoms with Crippen LogP contribution in [0.15, 0.2) is 36.7 Å². The van der Waals surface area contributed by atoms with Gasteiger partial charge in [-0.25, -0.2) is 0 Å². The van der Waals surface area contributed by atoms with E-state index in [9.17, 15) is 4.79 Å². The monoisotopic (exact) mass is 337 g/mol. The SMILES string of the molecule is CCCCNc1cncc(C(=O)Nc2cc(Cl)ccc2Cl)c1. The molecule has 0 saturated heterocycles. The fourth-order valence-electron chi connectivity index (χ4n) is 1.86. The molecule has 116 valence electrons. The molecule has 0 saturated carbocycles. The van der Waals surface area contributed by atoms with E-state index in [1.807, 2.05) is 0 Å². The standard InChI is InChI=1S/C16H17Cl2N3O/c1-2-3-6-20-13-7-11(9-19-10-13)16(22)21-15-8-12(17)4-5-14(15)18/h4-5,7-10,20H,2-3,6H2,1H3,(H,21,22). The zero-order valence-corrected chi connectivity index (χ0v) is 13.7. The van der Waals surface area contributed by atoms with E-state index < -0.39 is 0 Å². The van der Waals surface area contributed by atoms with Crippen LogP contribution in [-0.4, -0.2) is 17.4 Å². The molecule has 2 rings (SSSR count). The van der Waals surface area contributed by atoms with Crippen molar-refractivity contribution in [2.24, 2.45) is 0 Å². The second kappa shape index (κ2) is 8.01. The first-order valence-corrected chi connectivity index (χ1v) is 7.81. The molecule has 1 heterocycles. The second-order valence-corrected chi connectivity index (χ2v) is 5.66. The number of aromatic nitrogens is 1. The highest BCUT2D eigenvalue weighted by Crippen LogP contribution is 2.26. The molecule has 0 aliphatic heterocycles. The lowest BCUT2D eigenvalue weighted by Crippen LogP contribution is -2.13. The Bertz CT molecular complexity index is 662. The molecule has 2 N–H and O–H groups in total. The van der Waals surface area contributed by atoms with Crippen LogP contribution in [0, 0.1) is 0 Å². The Morgan fingerprint density at radius 1 is 1.23 bits per heavy atom. The first-order chi connectivity index (χ1) is 10.6. The normalized spacial score (nSPS) is 10.3. The van der Waals surface area contributed by atoms with E-state index in [2.05, 4.69) is 22.5 Å². The van der Waals surface area contributed by atoms with Gasteiger partial charge in [-0.3, -0.25) is 9.78 Å². The number of hydrogen-bond acceptors (Lipinski definition) is 3. The number of carbonyl (C=O) groups is 1. The minimum absolute atomic E-state index is 0.282. The lowest BCUT2D eigenvalue weighted by atomic mass is 10.2. The summed E-state index contributed by atoms with van der Waals surface area (Å²) in [5.74, 6) is -0.282. The van der Waals surface area contributed by atoms with Crippen LogP contribution in [-0.2, 0) is 0 Å². The van der Waals surface area contributed by atoms with Crippen LogP contribution in [0.25, 0.3) is 0 Å². The third-order valence-electron chi connectivity index (χ3n) is 3.04. The molecule has 1 amide bonds. The maximum atomic E-state index is 12.3. The average Bonchev–Trinajstić information content (AvgIpc) is 2.51. The van der Waals surface area contributed by atoms with E-state index in [4.69, 9.17) is 23.2 Å². The summed E-state index contributed by atoms with van der Waals surface area (Å²) in [5.41, 5.74) is 1.75. The maximum absolute atomic E-state index is 12.3. The summed E-state index contributed by atoms with van der Waals surface area (Å²) >= 11 is 12.0. The first-order valence-electron chi connectivity index (χ1n) is 7.05. The van der Waals surface area contributed by atoms with Gasteiger partial charge in [-0.2, -0.15) is 0 Å². The Balaban J connectivity index is 2.09. The number of nitrogens with zero attached hydrogens (tertiary/aromatic N) is 1. The number of anilines is 2. The molecule has 2 aromatic rings. The van der Waals surface area contributed by atoms with Crippen molar-refractivity contribution in [3.8, 4) is 0 Å². The quantitative estimate of drug-likeness (QED) is 0.740. The number of rotatable bonds is 6. The molecule has 22 heavy (non-hydrogen) atoms. The Hall–Kier alpha value is -1.78. The molecular weight excluding hydrogens is 321 g/mol. The highest BCUT2D eigenvalue weighted by atomic mass is 35.5. The van der Waals surface area contributed by atoms with Crippen molar-refractivity contribution in [2.45, 2.75) is 19.8 Å². The molecular formula is C16H17Cl2N3O. The number of pyridine rings is 1. The molecule has 0 aliphatic carbocycles. The van der Waals surface area contributed by atoms with Crippen LogP contribution in [0.3, 0.4) is 0 Å². The molecule has 4 nitrogen and oxygen atoms in total. The molecule has 0 bridgehead atoms. The fourth-order valence-corrected chi connectivity index (χ4v) is 2.19. The van der Waals surface area contributed by atoms with Crippen LogP contribution >= 0.6 is 23.2 Å². The van der Waals surface area contributed by atoms with Crippen LogP contribution in [0.5, 0.6) is 0 Å². The molecule has 0 atom stereocenters. The van der Waals surface area contributed by atoms with E-state index >= 15 is 0 Å². The first kappa shape index (κ1) is 16.6. The van der Waals surface area contributed by atoms with Crippen molar-refractivity contribution in [2.75, 3.05) is 17.2 Å². The van der Waals surface area contributed by atoms with Crippen molar-refractivity contribution in [3.05, 3.63) is 52.3 Å². The van der Waals surface area contributed by atoms with Crippen molar-refractivity contribution in [1.82, 2.24) is 4.98 Å². The maximum Gasteiger partial charge on any atom is 0.257 e. The van der Waals surface area contributed by atoms with Crippen molar-refractivity contribution in [3.63, 3.8) is 0 Å². The van der Waals surface area contributed by atoms with Gasteiger partial charge in [0.1, 0.15) is 0 Å². The van der Waals surface area contributed by atoms with Gasteiger partial charge in [0, 0.05) is 24.0 Å².